The van der Waals surface area contributed by atoms with E-state index < -0.39 is 0 Å². The van der Waals surface area contributed by atoms with Gasteiger partial charge in [0, 0.05) is 6.42 Å². The number of carbonyl (C=O) groups excluding carboxylic acids is 1. The van der Waals surface area contributed by atoms with Crippen molar-refractivity contribution in [1.29, 1.82) is 0 Å². The van der Waals surface area contributed by atoms with Crippen LogP contribution in [-0.2, 0) is 4.79 Å². The summed E-state index contributed by atoms with van der Waals surface area (Å²) in [5.41, 5.74) is 2.60. The van der Waals surface area contributed by atoms with Gasteiger partial charge in [0.1, 0.15) is 6.33 Å². The summed E-state index contributed by atoms with van der Waals surface area (Å²) in [4.78, 5) is 11.2. The summed E-state index contributed by atoms with van der Waals surface area (Å²) in [6.07, 6.45) is 3.84. The second-order valence-electron chi connectivity index (χ2n) is 2.67. The molecule has 72 valence electrons. The number of unbranched alkanes of at least 4 members (excludes halogenated alkanes) is 1. The van der Waals surface area contributed by atoms with Crippen LogP contribution in [-0.4, -0.2) is 20.8 Å². The SMILES string of the molecule is CCCCC(=O)Nn1cn[nH]c1=S. The first-order chi connectivity index (χ1) is 6.24. The summed E-state index contributed by atoms with van der Waals surface area (Å²) < 4.78 is 1.79. The Hall–Kier alpha value is -1.17. The number of aromatic amines is 1. The molecule has 1 aromatic heterocycles. The van der Waals surface area contributed by atoms with Crippen LogP contribution >= 0.6 is 12.2 Å². The molecule has 0 radical (unpaired) electrons. The van der Waals surface area contributed by atoms with Crippen molar-refractivity contribution in [1.82, 2.24) is 14.9 Å². The van der Waals surface area contributed by atoms with Crippen molar-refractivity contribution in [2.24, 2.45) is 0 Å². The van der Waals surface area contributed by atoms with E-state index in [1.54, 1.807) is 0 Å². The minimum Gasteiger partial charge on any atom is -0.273 e. The quantitative estimate of drug-likeness (QED) is 0.718. The summed E-state index contributed by atoms with van der Waals surface area (Å²) in [7, 11) is 0. The number of hydrogen-bond acceptors (Lipinski definition) is 3. The third-order valence-corrected chi connectivity index (χ3v) is 1.84. The van der Waals surface area contributed by atoms with E-state index in [0.29, 0.717) is 11.2 Å². The van der Waals surface area contributed by atoms with Crippen molar-refractivity contribution in [3.63, 3.8) is 0 Å². The molecule has 2 N–H and O–H groups in total. The van der Waals surface area contributed by atoms with Gasteiger partial charge in [-0.25, -0.2) is 4.68 Å². The van der Waals surface area contributed by atoms with Crippen LogP contribution in [0.15, 0.2) is 6.33 Å². The summed E-state index contributed by atoms with van der Waals surface area (Å²) >= 11 is 4.85. The number of nitrogens with zero attached hydrogens (tertiary/aromatic N) is 2. The Morgan fingerprint density at radius 2 is 2.62 bits per heavy atom. The number of rotatable bonds is 4. The Morgan fingerprint density at radius 3 is 3.15 bits per heavy atom. The third-order valence-electron chi connectivity index (χ3n) is 1.55. The monoisotopic (exact) mass is 200 g/mol. The molecule has 0 spiro atoms. The van der Waals surface area contributed by atoms with E-state index in [1.807, 2.05) is 6.92 Å². The lowest BCUT2D eigenvalue weighted by Gasteiger charge is -2.02. The van der Waals surface area contributed by atoms with E-state index >= 15 is 0 Å². The minimum absolute atomic E-state index is 0.0423. The van der Waals surface area contributed by atoms with Gasteiger partial charge in [0.2, 0.25) is 10.7 Å². The molecular formula is C7H12N4OS. The Bertz CT molecular complexity index is 329. The van der Waals surface area contributed by atoms with Gasteiger partial charge in [-0.3, -0.25) is 15.3 Å². The van der Waals surface area contributed by atoms with Crippen LogP contribution in [0.2, 0.25) is 0 Å². The van der Waals surface area contributed by atoms with E-state index in [4.69, 9.17) is 12.2 Å². The number of amides is 1. The van der Waals surface area contributed by atoms with E-state index in [-0.39, 0.29) is 5.91 Å². The number of nitrogens with one attached hydrogen (secondary N) is 2. The fraction of sp³-hybridized carbons (Fsp3) is 0.571. The normalized spacial score (nSPS) is 9.92. The average Bonchev–Trinajstić information content (AvgIpc) is 2.48. The van der Waals surface area contributed by atoms with Gasteiger partial charge < -0.3 is 0 Å². The van der Waals surface area contributed by atoms with Gasteiger partial charge in [-0.1, -0.05) is 13.3 Å². The summed E-state index contributed by atoms with van der Waals surface area (Å²) in [5, 5.41) is 6.22. The molecule has 0 bridgehead atoms. The predicted octanol–water partition coefficient (Wildman–Crippen LogP) is 1.20. The first kappa shape index (κ1) is 9.91. The van der Waals surface area contributed by atoms with Crippen molar-refractivity contribution in [3.8, 4) is 0 Å². The van der Waals surface area contributed by atoms with Crippen LogP contribution in [0.4, 0.5) is 0 Å². The Balaban J connectivity index is 2.46. The smallest absolute Gasteiger partial charge is 0.238 e. The highest BCUT2D eigenvalue weighted by molar-refractivity contribution is 7.71. The van der Waals surface area contributed by atoms with E-state index in [0.717, 1.165) is 12.8 Å². The standard InChI is InChI=1S/C7H12N4OS/c1-2-3-4-6(12)10-11-5-8-9-7(11)13/h5H,2-4H2,1H3,(H,9,13)(H,10,12). The summed E-state index contributed by atoms with van der Waals surface area (Å²) in [6, 6.07) is 0. The van der Waals surface area contributed by atoms with Crippen molar-refractivity contribution < 1.29 is 4.79 Å². The van der Waals surface area contributed by atoms with E-state index in [9.17, 15) is 4.79 Å². The van der Waals surface area contributed by atoms with Gasteiger partial charge in [-0.15, -0.1) is 0 Å². The van der Waals surface area contributed by atoms with Crippen LogP contribution in [0.5, 0.6) is 0 Å². The molecule has 1 aromatic rings. The van der Waals surface area contributed by atoms with Crippen molar-refractivity contribution in [3.05, 3.63) is 11.1 Å². The van der Waals surface area contributed by atoms with Crippen molar-refractivity contribution >= 4 is 18.1 Å². The molecule has 0 unspecified atom stereocenters. The number of carbonyl (C=O) groups is 1. The summed E-state index contributed by atoms with van der Waals surface area (Å²) in [5.74, 6) is -0.0423. The second kappa shape index (κ2) is 4.76. The number of hydrogen-bond donors (Lipinski definition) is 2. The minimum atomic E-state index is -0.0423. The fourth-order valence-electron chi connectivity index (χ4n) is 0.855. The molecule has 0 aliphatic carbocycles. The van der Waals surface area contributed by atoms with Gasteiger partial charge in [-0.05, 0) is 18.6 Å². The second-order valence-corrected chi connectivity index (χ2v) is 3.06. The Kier molecular flexibility index (Phi) is 3.63. The highest BCUT2D eigenvalue weighted by Crippen LogP contribution is 1.94. The van der Waals surface area contributed by atoms with E-state index in [1.165, 1.54) is 11.0 Å². The van der Waals surface area contributed by atoms with Crippen molar-refractivity contribution in [2.75, 3.05) is 5.43 Å². The lowest BCUT2D eigenvalue weighted by atomic mass is 10.2. The lowest BCUT2D eigenvalue weighted by Crippen LogP contribution is -2.21. The largest absolute Gasteiger partial charge is 0.273 e. The lowest BCUT2D eigenvalue weighted by molar-refractivity contribution is -0.117. The molecule has 0 aromatic carbocycles. The highest BCUT2D eigenvalue weighted by Gasteiger charge is 2.00. The highest BCUT2D eigenvalue weighted by atomic mass is 32.1. The molecule has 13 heavy (non-hydrogen) atoms. The molecular weight excluding hydrogens is 188 g/mol. The molecule has 0 fully saturated rings. The number of aromatic nitrogens is 3. The van der Waals surface area contributed by atoms with Crippen LogP contribution in [0.1, 0.15) is 26.2 Å². The first-order valence-electron chi connectivity index (χ1n) is 4.16. The van der Waals surface area contributed by atoms with Crippen LogP contribution in [0, 0.1) is 4.77 Å². The van der Waals surface area contributed by atoms with Crippen LogP contribution < -0.4 is 5.43 Å². The maximum absolute atomic E-state index is 11.2. The summed E-state index contributed by atoms with van der Waals surface area (Å²) in [6.45, 7) is 2.04. The molecule has 0 atom stereocenters. The Morgan fingerprint density at radius 1 is 1.85 bits per heavy atom. The maximum Gasteiger partial charge on any atom is 0.238 e. The van der Waals surface area contributed by atoms with Crippen LogP contribution in [0.3, 0.4) is 0 Å². The molecule has 1 heterocycles. The molecule has 0 saturated carbocycles. The van der Waals surface area contributed by atoms with Gasteiger partial charge >= 0.3 is 0 Å². The van der Waals surface area contributed by atoms with Crippen LogP contribution in [0.25, 0.3) is 0 Å². The van der Waals surface area contributed by atoms with Crippen molar-refractivity contribution in [2.45, 2.75) is 26.2 Å². The molecule has 0 saturated heterocycles. The Labute approximate surface area is 81.1 Å². The molecule has 5 nitrogen and oxygen atoms in total. The first-order valence-corrected chi connectivity index (χ1v) is 4.56. The topological polar surface area (TPSA) is 62.7 Å². The number of H-pyrrole nitrogens is 1. The maximum atomic E-state index is 11.2. The third kappa shape index (κ3) is 2.98. The molecule has 1 amide bonds. The average molecular weight is 200 g/mol. The molecule has 6 heteroatoms. The zero-order valence-corrected chi connectivity index (χ0v) is 8.23. The van der Waals surface area contributed by atoms with E-state index in [2.05, 4.69) is 15.6 Å². The zero-order chi connectivity index (χ0) is 9.68. The van der Waals surface area contributed by atoms with Gasteiger partial charge in [-0.2, -0.15) is 5.10 Å². The van der Waals surface area contributed by atoms with Gasteiger partial charge in [0.25, 0.3) is 0 Å². The molecule has 1 rings (SSSR count). The fourth-order valence-corrected chi connectivity index (χ4v) is 1.00. The zero-order valence-electron chi connectivity index (χ0n) is 7.41. The molecule has 0 aliphatic heterocycles. The molecule has 0 aliphatic rings. The van der Waals surface area contributed by atoms with Gasteiger partial charge in [0.05, 0.1) is 0 Å². The predicted molar refractivity (Wildman–Crippen MR) is 51.3 cm³/mol. The van der Waals surface area contributed by atoms with Gasteiger partial charge in [0.15, 0.2) is 0 Å².